The van der Waals surface area contributed by atoms with Gasteiger partial charge in [0, 0.05) is 7.05 Å². The number of rotatable bonds is 2. The van der Waals surface area contributed by atoms with Gasteiger partial charge in [0.15, 0.2) is 0 Å². The Morgan fingerprint density at radius 3 is 2.67 bits per heavy atom. The number of halogens is 2. The number of aromatic nitrogens is 2. The highest BCUT2D eigenvalue weighted by Crippen LogP contribution is 2.21. The summed E-state index contributed by atoms with van der Waals surface area (Å²) in [5.41, 5.74) is 4.17. The third-order valence-electron chi connectivity index (χ3n) is 1.46. The number of alkyl halides is 2. The van der Waals surface area contributed by atoms with Crippen molar-refractivity contribution in [1.82, 2.24) is 9.78 Å². The maximum atomic E-state index is 12.2. The molecule has 0 radical (unpaired) electrons. The summed E-state index contributed by atoms with van der Waals surface area (Å²) in [6.07, 6.45) is -1.70. The Labute approximate surface area is 67.0 Å². The zero-order valence-corrected chi connectivity index (χ0v) is 6.29. The first-order chi connectivity index (χ1) is 5.54. The van der Waals surface area contributed by atoms with Gasteiger partial charge in [-0.3, -0.25) is 9.48 Å². The number of aryl methyl sites for hydroxylation is 1. The lowest BCUT2D eigenvalue weighted by Crippen LogP contribution is -2.13. The Morgan fingerprint density at radius 1 is 1.75 bits per heavy atom. The van der Waals surface area contributed by atoms with Gasteiger partial charge < -0.3 is 5.73 Å². The average molecular weight is 175 g/mol. The van der Waals surface area contributed by atoms with Crippen molar-refractivity contribution in [3.63, 3.8) is 0 Å². The van der Waals surface area contributed by atoms with E-state index in [4.69, 9.17) is 5.73 Å². The van der Waals surface area contributed by atoms with Crippen molar-refractivity contribution in [3.8, 4) is 0 Å². The Kier molecular flexibility index (Phi) is 2.07. The fourth-order valence-electron chi connectivity index (χ4n) is 0.896. The van der Waals surface area contributed by atoms with Gasteiger partial charge in [0.1, 0.15) is 5.69 Å². The molecule has 1 heterocycles. The van der Waals surface area contributed by atoms with Crippen molar-refractivity contribution in [2.24, 2.45) is 12.8 Å². The molecule has 0 saturated heterocycles. The van der Waals surface area contributed by atoms with Crippen LogP contribution in [0.4, 0.5) is 8.78 Å². The third kappa shape index (κ3) is 1.27. The highest BCUT2D eigenvalue weighted by molar-refractivity contribution is 5.93. The molecule has 0 aromatic carbocycles. The van der Waals surface area contributed by atoms with Crippen LogP contribution in [0.15, 0.2) is 6.20 Å². The smallest absolute Gasteiger partial charge is 0.280 e. The number of carbonyl (C=O) groups excluding carboxylic acids is 1. The highest BCUT2D eigenvalue weighted by atomic mass is 19.3. The monoisotopic (exact) mass is 175 g/mol. The molecule has 0 aliphatic rings. The van der Waals surface area contributed by atoms with E-state index >= 15 is 0 Å². The maximum Gasteiger partial charge on any atom is 0.280 e. The maximum absolute atomic E-state index is 12.2. The van der Waals surface area contributed by atoms with Gasteiger partial charge in [-0.2, -0.15) is 5.10 Å². The first kappa shape index (κ1) is 8.63. The summed E-state index contributed by atoms with van der Waals surface area (Å²) >= 11 is 0. The lowest BCUT2D eigenvalue weighted by Gasteiger charge is -2.00. The number of hydrogen-bond acceptors (Lipinski definition) is 2. The molecule has 1 rings (SSSR count). The van der Waals surface area contributed by atoms with Crippen LogP contribution in [0.3, 0.4) is 0 Å². The first-order valence-corrected chi connectivity index (χ1v) is 3.14. The number of amides is 1. The van der Waals surface area contributed by atoms with Crippen LogP contribution in [-0.4, -0.2) is 15.7 Å². The van der Waals surface area contributed by atoms with Gasteiger partial charge in [0.2, 0.25) is 0 Å². The lowest BCUT2D eigenvalue weighted by molar-refractivity contribution is 0.0982. The average Bonchev–Trinajstić information content (AvgIpc) is 2.30. The molecule has 0 fully saturated rings. The largest absolute Gasteiger partial charge is 0.365 e. The molecule has 0 aliphatic heterocycles. The predicted octanol–water partition coefficient (Wildman–Crippen LogP) is 0.457. The second kappa shape index (κ2) is 2.88. The number of primary amides is 1. The van der Waals surface area contributed by atoms with E-state index in [0.29, 0.717) is 0 Å². The number of nitrogens with two attached hydrogens (primary N) is 1. The summed E-state index contributed by atoms with van der Waals surface area (Å²) < 4.78 is 25.4. The molecule has 1 amide bonds. The summed E-state index contributed by atoms with van der Waals surface area (Å²) in [5.74, 6) is -0.890. The van der Waals surface area contributed by atoms with E-state index in [1.807, 2.05) is 0 Å². The van der Waals surface area contributed by atoms with Crippen molar-refractivity contribution < 1.29 is 13.6 Å². The van der Waals surface area contributed by atoms with Crippen LogP contribution in [-0.2, 0) is 7.05 Å². The normalized spacial score (nSPS) is 10.7. The molecule has 66 valence electrons. The van der Waals surface area contributed by atoms with Crippen molar-refractivity contribution >= 4 is 5.91 Å². The zero-order valence-electron chi connectivity index (χ0n) is 6.29. The van der Waals surface area contributed by atoms with Crippen LogP contribution in [0.1, 0.15) is 22.5 Å². The van der Waals surface area contributed by atoms with E-state index in [2.05, 4.69) is 5.10 Å². The Morgan fingerprint density at radius 2 is 2.33 bits per heavy atom. The minimum atomic E-state index is -2.74. The molecular formula is C6H7F2N3O. The van der Waals surface area contributed by atoms with E-state index < -0.39 is 18.0 Å². The van der Waals surface area contributed by atoms with Crippen LogP contribution >= 0.6 is 0 Å². The van der Waals surface area contributed by atoms with Gasteiger partial charge in [0.25, 0.3) is 12.3 Å². The molecule has 12 heavy (non-hydrogen) atoms. The van der Waals surface area contributed by atoms with E-state index in [0.717, 1.165) is 10.9 Å². The van der Waals surface area contributed by atoms with Gasteiger partial charge in [-0.05, 0) is 0 Å². The molecular weight excluding hydrogens is 168 g/mol. The number of carbonyl (C=O) groups is 1. The topological polar surface area (TPSA) is 60.9 Å². The molecule has 4 nitrogen and oxygen atoms in total. The van der Waals surface area contributed by atoms with Crippen molar-refractivity contribution in [2.45, 2.75) is 6.43 Å². The van der Waals surface area contributed by atoms with Crippen LogP contribution in [0.25, 0.3) is 0 Å². The molecule has 1 aromatic heterocycles. The summed E-state index contributed by atoms with van der Waals surface area (Å²) in [6.45, 7) is 0. The third-order valence-corrected chi connectivity index (χ3v) is 1.46. The van der Waals surface area contributed by atoms with Gasteiger partial charge in [0.05, 0.1) is 11.8 Å². The van der Waals surface area contributed by atoms with E-state index in [1.165, 1.54) is 7.05 Å². The van der Waals surface area contributed by atoms with E-state index in [9.17, 15) is 13.6 Å². The van der Waals surface area contributed by atoms with E-state index in [-0.39, 0.29) is 5.56 Å². The molecule has 1 aromatic rings. The quantitative estimate of drug-likeness (QED) is 0.709. The second-order valence-corrected chi connectivity index (χ2v) is 2.23. The fraction of sp³-hybridized carbons (Fsp3) is 0.333. The van der Waals surface area contributed by atoms with Crippen molar-refractivity contribution in [2.75, 3.05) is 0 Å². The predicted molar refractivity (Wildman–Crippen MR) is 36.7 cm³/mol. The molecule has 0 aliphatic carbocycles. The summed E-state index contributed by atoms with van der Waals surface area (Å²) in [6, 6.07) is 0. The molecule has 0 unspecified atom stereocenters. The van der Waals surface area contributed by atoms with Crippen LogP contribution in [0.2, 0.25) is 0 Å². The molecule has 0 bridgehead atoms. The summed E-state index contributed by atoms with van der Waals surface area (Å²) in [7, 11) is 1.33. The summed E-state index contributed by atoms with van der Waals surface area (Å²) in [4.78, 5) is 10.6. The first-order valence-electron chi connectivity index (χ1n) is 3.14. The van der Waals surface area contributed by atoms with Gasteiger partial charge in [-0.1, -0.05) is 0 Å². The van der Waals surface area contributed by atoms with Crippen LogP contribution in [0, 0.1) is 0 Å². The lowest BCUT2D eigenvalue weighted by atomic mass is 10.2. The molecule has 0 spiro atoms. The second-order valence-electron chi connectivity index (χ2n) is 2.23. The van der Waals surface area contributed by atoms with Gasteiger partial charge in [-0.15, -0.1) is 0 Å². The van der Waals surface area contributed by atoms with E-state index in [1.54, 1.807) is 0 Å². The Bertz CT molecular complexity index is 308. The Hall–Kier alpha value is -1.46. The molecule has 0 saturated carbocycles. The van der Waals surface area contributed by atoms with Crippen molar-refractivity contribution in [3.05, 3.63) is 17.5 Å². The number of hydrogen-bond donors (Lipinski definition) is 1. The molecule has 6 heteroatoms. The zero-order chi connectivity index (χ0) is 9.30. The number of nitrogens with zero attached hydrogens (tertiary/aromatic N) is 2. The highest BCUT2D eigenvalue weighted by Gasteiger charge is 2.20. The molecule has 2 N–H and O–H groups in total. The van der Waals surface area contributed by atoms with Crippen molar-refractivity contribution in [1.29, 1.82) is 0 Å². The van der Waals surface area contributed by atoms with Crippen LogP contribution < -0.4 is 5.73 Å². The molecule has 0 atom stereocenters. The SMILES string of the molecule is Cn1ncc(C(N)=O)c1C(F)F. The minimum Gasteiger partial charge on any atom is -0.365 e. The Balaban J connectivity index is 3.21. The standard InChI is InChI=1S/C6H7F2N3O/c1-11-4(5(7)8)3(2-10-11)6(9)12/h2,5H,1H3,(H2,9,12). The van der Waals surface area contributed by atoms with Crippen LogP contribution in [0.5, 0.6) is 0 Å². The fourth-order valence-corrected chi connectivity index (χ4v) is 0.896. The minimum absolute atomic E-state index is 0.229. The van der Waals surface area contributed by atoms with Gasteiger partial charge >= 0.3 is 0 Å². The summed E-state index contributed by atoms with van der Waals surface area (Å²) in [5, 5.41) is 3.49. The van der Waals surface area contributed by atoms with Gasteiger partial charge in [-0.25, -0.2) is 8.78 Å².